The molecule has 0 bridgehead atoms. The molecule has 80 valence electrons. The fourth-order valence-electron chi connectivity index (χ4n) is 1.30. The Kier molecular flexibility index (Phi) is 3.29. The lowest BCUT2D eigenvalue weighted by Gasteiger charge is -2.12. The molecule has 5 heteroatoms. The van der Waals surface area contributed by atoms with Crippen molar-refractivity contribution in [2.24, 2.45) is 0 Å². The van der Waals surface area contributed by atoms with Gasteiger partial charge in [0.25, 0.3) is 0 Å². The largest absolute Gasteiger partial charge is 0.445 e. The van der Waals surface area contributed by atoms with Crippen LogP contribution in [0.4, 0.5) is 22.0 Å². The van der Waals surface area contributed by atoms with Gasteiger partial charge in [-0.3, -0.25) is 0 Å². The van der Waals surface area contributed by atoms with Crippen molar-refractivity contribution in [2.75, 3.05) is 0 Å². The predicted octanol–water partition coefficient (Wildman–Crippen LogP) is 4.20. The van der Waals surface area contributed by atoms with Gasteiger partial charge in [-0.05, 0) is 31.3 Å². The molecule has 0 aliphatic heterocycles. The highest BCUT2D eigenvalue weighted by atomic mass is 19.4. The highest BCUT2D eigenvalue weighted by Crippen LogP contribution is 2.35. The summed E-state index contributed by atoms with van der Waals surface area (Å²) in [4.78, 5) is 0. The quantitative estimate of drug-likeness (QED) is 0.571. The van der Waals surface area contributed by atoms with Crippen LogP contribution in [0.2, 0.25) is 0 Å². The van der Waals surface area contributed by atoms with Gasteiger partial charge in [0.15, 0.2) is 5.83 Å². The zero-order valence-electron chi connectivity index (χ0n) is 7.30. The van der Waals surface area contributed by atoms with Gasteiger partial charge in [0.05, 0.1) is 0 Å². The molecule has 1 aliphatic rings. The second-order valence-electron chi connectivity index (χ2n) is 3.10. The van der Waals surface area contributed by atoms with E-state index in [2.05, 4.69) is 0 Å². The SMILES string of the molecule is F/C(C1=CCCCC1)=C(\F)C(F)(F)F. The van der Waals surface area contributed by atoms with Crippen LogP contribution in [0.25, 0.3) is 0 Å². The maximum absolute atomic E-state index is 12.9. The molecular weight excluding hydrogens is 203 g/mol. The summed E-state index contributed by atoms with van der Waals surface area (Å²) in [5.41, 5.74) is -0.161. The van der Waals surface area contributed by atoms with Crippen molar-refractivity contribution in [1.29, 1.82) is 0 Å². The van der Waals surface area contributed by atoms with E-state index in [-0.39, 0.29) is 12.0 Å². The number of hydrogen-bond donors (Lipinski definition) is 0. The molecule has 14 heavy (non-hydrogen) atoms. The maximum atomic E-state index is 12.9. The van der Waals surface area contributed by atoms with Crippen LogP contribution < -0.4 is 0 Å². The van der Waals surface area contributed by atoms with Crippen molar-refractivity contribution in [1.82, 2.24) is 0 Å². The first-order chi connectivity index (χ1) is 6.43. The van der Waals surface area contributed by atoms with Gasteiger partial charge in [0.2, 0.25) is 5.83 Å². The molecule has 0 saturated carbocycles. The van der Waals surface area contributed by atoms with E-state index >= 15 is 0 Å². The molecule has 0 spiro atoms. The standard InChI is InChI=1S/C9H9F5/c10-7(8(11)9(12,13)14)6-4-2-1-3-5-6/h4H,1-3,5H2/b8-7-. The summed E-state index contributed by atoms with van der Waals surface area (Å²) >= 11 is 0. The lowest BCUT2D eigenvalue weighted by molar-refractivity contribution is -0.111. The van der Waals surface area contributed by atoms with Gasteiger partial charge in [0, 0.05) is 0 Å². The average molecular weight is 212 g/mol. The van der Waals surface area contributed by atoms with E-state index in [4.69, 9.17) is 0 Å². The molecule has 0 atom stereocenters. The molecule has 0 heterocycles. The summed E-state index contributed by atoms with van der Waals surface area (Å²) < 4.78 is 60.6. The first-order valence-corrected chi connectivity index (χ1v) is 4.25. The fraction of sp³-hybridized carbons (Fsp3) is 0.556. The van der Waals surface area contributed by atoms with Crippen LogP contribution in [0.1, 0.15) is 25.7 Å². The molecule has 0 saturated heterocycles. The first kappa shape index (κ1) is 11.2. The lowest BCUT2D eigenvalue weighted by atomic mass is 9.98. The van der Waals surface area contributed by atoms with Crippen molar-refractivity contribution >= 4 is 0 Å². The van der Waals surface area contributed by atoms with Crippen LogP contribution in [-0.2, 0) is 0 Å². The molecule has 0 aromatic heterocycles. The third-order valence-corrected chi connectivity index (χ3v) is 2.01. The Morgan fingerprint density at radius 2 is 1.79 bits per heavy atom. The molecule has 0 N–H and O–H groups in total. The van der Waals surface area contributed by atoms with E-state index in [1.807, 2.05) is 0 Å². The number of alkyl halides is 3. The van der Waals surface area contributed by atoms with E-state index in [9.17, 15) is 22.0 Å². The van der Waals surface area contributed by atoms with Crippen LogP contribution in [0.5, 0.6) is 0 Å². The van der Waals surface area contributed by atoms with Gasteiger partial charge < -0.3 is 0 Å². The molecule has 1 rings (SSSR count). The Balaban J connectivity index is 2.91. The van der Waals surface area contributed by atoms with Crippen molar-refractivity contribution < 1.29 is 22.0 Å². The molecule has 1 aliphatic carbocycles. The molecular formula is C9H9F5. The van der Waals surface area contributed by atoms with E-state index in [0.717, 1.165) is 6.42 Å². The zero-order valence-corrected chi connectivity index (χ0v) is 7.30. The van der Waals surface area contributed by atoms with Crippen LogP contribution in [0.15, 0.2) is 23.3 Å². The molecule has 0 aromatic rings. The summed E-state index contributed by atoms with van der Waals surface area (Å²) in [6.07, 6.45) is -1.80. The van der Waals surface area contributed by atoms with E-state index < -0.39 is 17.8 Å². The van der Waals surface area contributed by atoms with Gasteiger partial charge in [-0.1, -0.05) is 6.08 Å². The smallest absolute Gasteiger partial charge is 0.203 e. The van der Waals surface area contributed by atoms with E-state index in [1.54, 1.807) is 0 Å². The third-order valence-electron chi connectivity index (χ3n) is 2.01. The van der Waals surface area contributed by atoms with Crippen LogP contribution in [0.3, 0.4) is 0 Å². The minimum Gasteiger partial charge on any atom is -0.203 e. The van der Waals surface area contributed by atoms with Crippen molar-refractivity contribution in [3.63, 3.8) is 0 Å². The van der Waals surface area contributed by atoms with Crippen molar-refractivity contribution in [3.05, 3.63) is 23.3 Å². The Morgan fingerprint density at radius 1 is 1.14 bits per heavy atom. The fourth-order valence-corrected chi connectivity index (χ4v) is 1.30. The van der Waals surface area contributed by atoms with Crippen LogP contribution in [-0.4, -0.2) is 6.18 Å². The Labute approximate surface area is 78.1 Å². The van der Waals surface area contributed by atoms with Crippen LogP contribution in [0, 0.1) is 0 Å². The van der Waals surface area contributed by atoms with Crippen LogP contribution >= 0.6 is 0 Å². The van der Waals surface area contributed by atoms with Gasteiger partial charge in [-0.25, -0.2) is 4.39 Å². The first-order valence-electron chi connectivity index (χ1n) is 4.25. The monoisotopic (exact) mass is 212 g/mol. The van der Waals surface area contributed by atoms with Gasteiger partial charge in [-0.2, -0.15) is 17.6 Å². The summed E-state index contributed by atoms with van der Waals surface area (Å²) in [5.74, 6) is -4.37. The topological polar surface area (TPSA) is 0 Å². The highest BCUT2D eigenvalue weighted by Gasteiger charge is 2.38. The van der Waals surface area contributed by atoms with Gasteiger partial charge >= 0.3 is 6.18 Å². The second-order valence-corrected chi connectivity index (χ2v) is 3.10. The number of rotatable bonds is 1. The van der Waals surface area contributed by atoms with Crippen molar-refractivity contribution in [2.45, 2.75) is 31.9 Å². The minimum atomic E-state index is -5.22. The normalized spacial score (nSPS) is 20.2. The van der Waals surface area contributed by atoms with E-state index in [1.165, 1.54) is 6.08 Å². The third kappa shape index (κ3) is 2.56. The predicted molar refractivity (Wildman–Crippen MR) is 41.8 cm³/mol. The molecule has 0 unspecified atom stereocenters. The minimum absolute atomic E-state index is 0.161. The van der Waals surface area contributed by atoms with Gasteiger partial charge in [-0.15, -0.1) is 0 Å². The Morgan fingerprint density at radius 3 is 2.21 bits per heavy atom. The average Bonchev–Trinajstić information content (AvgIpc) is 2.15. The Hall–Kier alpha value is -0.870. The number of allylic oxidation sites excluding steroid dienone is 4. The van der Waals surface area contributed by atoms with Crippen molar-refractivity contribution in [3.8, 4) is 0 Å². The molecule has 0 amide bonds. The van der Waals surface area contributed by atoms with Gasteiger partial charge in [0.1, 0.15) is 0 Å². The Bertz CT molecular complexity index is 271. The molecule has 0 radical (unpaired) electrons. The highest BCUT2D eigenvalue weighted by molar-refractivity contribution is 5.30. The van der Waals surface area contributed by atoms with E-state index in [0.29, 0.717) is 12.8 Å². The number of hydrogen-bond acceptors (Lipinski definition) is 0. The zero-order chi connectivity index (χ0) is 10.8. The second kappa shape index (κ2) is 4.11. The number of halogens is 5. The lowest BCUT2D eigenvalue weighted by Crippen LogP contribution is -2.10. The summed E-state index contributed by atoms with van der Waals surface area (Å²) in [7, 11) is 0. The summed E-state index contributed by atoms with van der Waals surface area (Å²) in [5, 5.41) is 0. The molecule has 0 nitrogen and oxygen atoms in total. The molecule has 0 fully saturated rings. The molecule has 0 aromatic carbocycles. The summed E-state index contributed by atoms with van der Waals surface area (Å²) in [6, 6.07) is 0. The maximum Gasteiger partial charge on any atom is 0.445 e. The summed E-state index contributed by atoms with van der Waals surface area (Å²) in [6.45, 7) is 0.